The number of hydrogen-bond donors (Lipinski definition) is 1. The lowest BCUT2D eigenvalue weighted by atomic mass is 10.1. The summed E-state index contributed by atoms with van der Waals surface area (Å²) in [6.07, 6.45) is 1.39. The zero-order valence-corrected chi connectivity index (χ0v) is 13.3. The van der Waals surface area contributed by atoms with Crippen molar-refractivity contribution in [3.05, 3.63) is 44.6 Å². The lowest BCUT2D eigenvalue weighted by molar-refractivity contribution is 0.621. The van der Waals surface area contributed by atoms with Crippen LogP contribution in [0.1, 0.15) is 25.3 Å². The summed E-state index contributed by atoms with van der Waals surface area (Å²) in [6.45, 7) is 4.01. The topological polar surface area (TPSA) is 37.8 Å². The molecule has 1 aromatic heterocycles. The molecule has 2 aromatic rings. The predicted octanol–water partition coefficient (Wildman–Crippen LogP) is 4.74. The molecule has 0 unspecified atom stereocenters. The Kier molecular flexibility index (Phi) is 4.57. The van der Waals surface area contributed by atoms with Crippen LogP contribution in [-0.4, -0.2) is 9.97 Å². The molecule has 0 aliphatic heterocycles. The van der Waals surface area contributed by atoms with E-state index in [1.807, 2.05) is 36.4 Å². The monoisotopic (exact) mass is 391 g/mol. The van der Waals surface area contributed by atoms with Crippen LogP contribution in [0, 0.1) is 9.39 Å². The van der Waals surface area contributed by atoms with E-state index >= 15 is 0 Å². The molecule has 0 atom stereocenters. The Balaban J connectivity index is 2.44. The van der Waals surface area contributed by atoms with Gasteiger partial charge in [-0.15, -0.1) is 0 Å². The van der Waals surface area contributed by atoms with E-state index in [9.17, 15) is 4.39 Å². The Bertz CT molecular complexity index is 604. The quantitative estimate of drug-likeness (QED) is 0.606. The van der Waals surface area contributed by atoms with E-state index in [1.165, 1.54) is 12.4 Å². The summed E-state index contributed by atoms with van der Waals surface area (Å²) in [5.41, 5.74) is 1.49. The van der Waals surface area contributed by atoms with Crippen LogP contribution in [0.4, 0.5) is 15.9 Å². The van der Waals surface area contributed by atoms with Gasteiger partial charge in [0.25, 0.3) is 0 Å². The molecule has 0 saturated carbocycles. The van der Waals surface area contributed by atoms with E-state index in [0.29, 0.717) is 20.2 Å². The Morgan fingerprint density at radius 1 is 1.32 bits per heavy atom. The molecule has 0 aliphatic rings. The van der Waals surface area contributed by atoms with Crippen LogP contribution in [0.3, 0.4) is 0 Å². The average molecular weight is 392 g/mol. The molecular formula is C13H12ClFIN3. The highest BCUT2D eigenvalue weighted by molar-refractivity contribution is 14.1. The summed E-state index contributed by atoms with van der Waals surface area (Å²) in [4.78, 5) is 8.18. The molecule has 0 amide bonds. The molecule has 1 aromatic carbocycles. The van der Waals surface area contributed by atoms with Crippen molar-refractivity contribution in [2.24, 2.45) is 0 Å². The lowest BCUT2D eigenvalue weighted by Gasteiger charge is -2.15. The second-order valence-corrected chi connectivity index (χ2v) is 5.74. The molecule has 2 rings (SSSR count). The molecule has 0 fully saturated rings. The highest BCUT2D eigenvalue weighted by atomic mass is 127. The van der Waals surface area contributed by atoms with Crippen molar-refractivity contribution >= 4 is 45.7 Å². The molecule has 19 heavy (non-hydrogen) atoms. The van der Waals surface area contributed by atoms with E-state index in [4.69, 9.17) is 11.6 Å². The van der Waals surface area contributed by atoms with Gasteiger partial charge in [-0.1, -0.05) is 31.5 Å². The SMILES string of the molecule is CC(C)c1c(Cl)ncnc1Nc1cccc(F)c1I. The number of rotatable bonds is 3. The van der Waals surface area contributed by atoms with Gasteiger partial charge in [-0.2, -0.15) is 0 Å². The third-order valence-corrected chi connectivity index (χ3v) is 4.01. The third kappa shape index (κ3) is 3.14. The molecule has 6 heteroatoms. The number of anilines is 2. The smallest absolute Gasteiger partial charge is 0.138 e. The van der Waals surface area contributed by atoms with Crippen LogP contribution in [0.5, 0.6) is 0 Å². The largest absolute Gasteiger partial charge is 0.339 e. The van der Waals surface area contributed by atoms with Crippen molar-refractivity contribution in [3.63, 3.8) is 0 Å². The Morgan fingerprint density at radius 3 is 2.74 bits per heavy atom. The van der Waals surface area contributed by atoms with Crippen molar-refractivity contribution in [1.82, 2.24) is 9.97 Å². The highest BCUT2D eigenvalue weighted by Gasteiger charge is 2.15. The van der Waals surface area contributed by atoms with Crippen LogP contribution in [0.2, 0.25) is 5.15 Å². The van der Waals surface area contributed by atoms with Gasteiger partial charge < -0.3 is 5.32 Å². The lowest BCUT2D eigenvalue weighted by Crippen LogP contribution is -2.04. The number of nitrogens with zero attached hydrogens (tertiary/aromatic N) is 2. The van der Waals surface area contributed by atoms with Crippen LogP contribution in [0.25, 0.3) is 0 Å². The summed E-state index contributed by atoms with van der Waals surface area (Å²) in [7, 11) is 0. The van der Waals surface area contributed by atoms with Gasteiger partial charge in [-0.25, -0.2) is 14.4 Å². The maximum Gasteiger partial charge on any atom is 0.138 e. The van der Waals surface area contributed by atoms with Crippen molar-refractivity contribution in [1.29, 1.82) is 0 Å². The van der Waals surface area contributed by atoms with Gasteiger partial charge in [0.05, 0.1) is 9.26 Å². The van der Waals surface area contributed by atoms with Crippen molar-refractivity contribution < 1.29 is 4.39 Å². The molecule has 0 radical (unpaired) electrons. The second kappa shape index (κ2) is 6.00. The standard InChI is InChI=1S/C13H12ClFIN3/c1-7(2)10-12(14)17-6-18-13(10)19-9-5-3-4-8(15)11(9)16/h3-7H,1-2H3,(H,17,18,19). The van der Waals surface area contributed by atoms with Gasteiger partial charge in [-0.05, 0) is 40.6 Å². The van der Waals surface area contributed by atoms with Crippen LogP contribution in [-0.2, 0) is 0 Å². The van der Waals surface area contributed by atoms with E-state index in [0.717, 1.165) is 5.56 Å². The van der Waals surface area contributed by atoms with Crippen LogP contribution >= 0.6 is 34.2 Å². The van der Waals surface area contributed by atoms with Crippen molar-refractivity contribution in [3.8, 4) is 0 Å². The molecular weight excluding hydrogens is 380 g/mol. The maximum absolute atomic E-state index is 13.5. The fourth-order valence-electron chi connectivity index (χ4n) is 1.71. The first-order valence-corrected chi connectivity index (χ1v) is 7.17. The zero-order valence-electron chi connectivity index (χ0n) is 10.4. The van der Waals surface area contributed by atoms with E-state index < -0.39 is 0 Å². The first kappa shape index (κ1) is 14.5. The molecule has 3 nitrogen and oxygen atoms in total. The van der Waals surface area contributed by atoms with Crippen molar-refractivity contribution in [2.45, 2.75) is 19.8 Å². The van der Waals surface area contributed by atoms with Gasteiger partial charge >= 0.3 is 0 Å². The minimum Gasteiger partial charge on any atom is -0.339 e. The highest BCUT2D eigenvalue weighted by Crippen LogP contribution is 2.31. The second-order valence-electron chi connectivity index (χ2n) is 4.31. The Hall–Kier alpha value is -0.950. The van der Waals surface area contributed by atoms with E-state index in [-0.39, 0.29) is 11.7 Å². The summed E-state index contributed by atoms with van der Waals surface area (Å²) < 4.78 is 14.0. The maximum atomic E-state index is 13.5. The summed E-state index contributed by atoms with van der Waals surface area (Å²) >= 11 is 8.05. The number of nitrogens with one attached hydrogen (secondary N) is 1. The molecule has 1 heterocycles. The minimum atomic E-state index is -0.267. The summed E-state index contributed by atoms with van der Waals surface area (Å²) in [5.74, 6) is 0.512. The first-order chi connectivity index (χ1) is 9.00. The normalized spacial score (nSPS) is 10.8. The minimum absolute atomic E-state index is 0.169. The first-order valence-electron chi connectivity index (χ1n) is 5.72. The number of hydrogen-bond acceptors (Lipinski definition) is 3. The Labute approximate surface area is 129 Å². The fraction of sp³-hybridized carbons (Fsp3) is 0.231. The Morgan fingerprint density at radius 2 is 2.05 bits per heavy atom. The molecule has 0 spiro atoms. The molecule has 0 saturated heterocycles. The third-order valence-electron chi connectivity index (χ3n) is 2.62. The predicted molar refractivity (Wildman–Crippen MR) is 83.5 cm³/mol. The molecule has 0 bridgehead atoms. The fourth-order valence-corrected chi connectivity index (χ4v) is 2.56. The van der Waals surface area contributed by atoms with Gasteiger partial charge in [0.2, 0.25) is 0 Å². The molecule has 1 N–H and O–H groups in total. The molecule has 0 aliphatic carbocycles. The van der Waals surface area contributed by atoms with Crippen LogP contribution < -0.4 is 5.32 Å². The number of benzene rings is 1. The summed E-state index contributed by atoms with van der Waals surface area (Å²) in [6, 6.07) is 4.87. The van der Waals surface area contributed by atoms with E-state index in [2.05, 4.69) is 15.3 Å². The number of aromatic nitrogens is 2. The van der Waals surface area contributed by atoms with Gasteiger partial charge in [-0.3, -0.25) is 0 Å². The van der Waals surface area contributed by atoms with Gasteiger partial charge in [0.15, 0.2) is 0 Å². The number of halogens is 3. The van der Waals surface area contributed by atoms with Crippen LogP contribution in [0.15, 0.2) is 24.5 Å². The van der Waals surface area contributed by atoms with E-state index in [1.54, 1.807) is 12.1 Å². The molecule has 100 valence electrons. The van der Waals surface area contributed by atoms with Gasteiger partial charge in [0, 0.05) is 5.56 Å². The van der Waals surface area contributed by atoms with Crippen molar-refractivity contribution in [2.75, 3.05) is 5.32 Å². The zero-order chi connectivity index (χ0) is 14.0. The average Bonchev–Trinajstić information content (AvgIpc) is 2.34. The summed E-state index contributed by atoms with van der Waals surface area (Å²) in [5, 5.41) is 3.54. The van der Waals surface area contributed by atoms with Gasteiger partial charge in [0.1, 0.15) is 23.1 Å².